The highest BCUT2D eigenvalue weighted by Gasteiger charge is 2.16. The number of aliphatic hydroxyl groups is 1. The number of rotatable bonds is 6. The van der Waals surface area contributed by atoms with Crippen LogP contribution in [0, 0.1) is 5.82 Å². The second-order valence-electron chi connectivity index (χ2n) is 5.16. The number of halogens is 1. The Balaban J connectivity index is 1.65. The molecule has 8 nitrogen and oxygen atoms in total. The predicted molar refractivity (Wildman–Crippen MR) is 84.6 cm³/mol. The molecule has 0 spiro atoms. The van der Waals surface area contributed by atoms with Gasteiger partial charge < -0.3 is 19.6 Å². The Morgan fingerprint density at radius 1 is 1.48 bits per heavy atom. The van der Waals surface area contributed by atoms with E-state index in [-0.39, 0.29) is 23.7 Å². The van der Waals surface area contributed by atoms with Gasteiger partial charge in [0.1, 0.15) is 11.9 Å². The lowest BCUT2D eigenvalue weighted by Gasteiger charge is -2.06. The number of aliphatic hydroxyl groups excluding tert-OH is 1. The summed E-state index contributed by atoms with van der Waals surface area (Å²) in [7, 11) is 1.35. The Morgan fingerprint density at radius 2 is 2.32 bits per heavy atom. The van der Waals surface area contributed by atoms with Crippen LogP contribution in [-0.2, 0) is 6.54 Å². The zero-order valence-corrected chi connectivity index (χ0v) is 13.2. The fourth-order valence-electron chi connectivity index (χ4n) is 2.18. The first-order valence-electron chi connectivity index (χ1n) is 7.33. The molecular formula is C16H15FN4O4. The summed E-state index contributed by atoms with van der Waals surface area (Å²) in [6, 6.07) is 7.34. The maximum absolute atomic E-state index is 13.6. The lowest BCUT2D eigenvalue weighted by molar-refractivity contribution is 0.102. The molecule has 25 heavy (non-hydrogen) atoms. The van der Waals surface area contributed by atoms with Crippen molar-refractivity contribution in [2.45, 2.75) is 12.6 Å². The quantitative estimate of drug-likeness (QED) is 0.708. The normalized spacial score (nSPS) is 12.0. The molecule has 2 aromatic heterocycles. The van der Waals surface area contributed by atoms with Crippen LogP contribution >= 0.6 is 0 Å². The molecule has 0 fully saturated rings. The Morgan fingerprint density at radius 3 is 3.00 bits per heavy atom. The summed E-state index contributed by atoms with van der Waals surface area (Å²) in [4.78, 5) is 12.1. The number of anilines is 1. The van der Waals surface area contributed by atoms with E-state index in [1.807, 2.05) is 0 Å². The van der Waals surface area contributed by atoms with E-state index in [4.69, 9.17) is 9.15 Å². The number of methoxy groups -OCH3 is 1. The van der Waals surface area contributed by atoms with E-state index in [0.717, 1.165) is 6.07 Å². The lowest BCUT2D eigenvalue weighted by atomic mass is 10.2. The number of ether oxygens (including phenoxy) is 1. The monoisotopic (exact) mass is 346 g/mol. The maximum Gasteiger partial charge on any atom is 0.277 e. The van der Waals surface area contributed by atoms with Gasteiger partial charge in [-0.05, 0) is 24.3 Å². The molecule has 0 aliphatic heterocycles. The minimum absolute atomic E-state index is 0.0304. The molecule has 0 unspecified atom stereocenters. The topological polar surface area (TPSA) is 102 Å². The fraction of sp³-hybridized carbons (Fsp3) is 0.188. The van der Waals surface area contributed by atoms with Crippen molar-refractivity contribution in [3.05, 3.63) is 60.1 Å². The molecule has 1 aromatic carbocycles. The summed E-state index contributed by atoms with van der Waals surface area (Å²) in [6.45, 7) is 0.0744. The van der Waals surface area contributed by atoms with Crippen LogP contribution in [0.3, 0.4) is 0 Å². The van der Waals surface area contributed by atoms with Crippen molar-refractivity contribution in [3.8, 4) is 5.75 Å². The first-order chi connectivity index (χ1) is 12.1. The predicted octanol–water partition coefficient (Wildman–Crippen LogP) is 2.00. The van der Waals surface area contributed by atoms with Crippen molar-refractivity contribution in [1.82, 2.24) is 15.0 Å². The highest BCUT2D eigenvalue weighted by atomic mass is 19.1. The summed E-state index contributed by atoms with van der Waals surface area (Å²) in [5, 5.41) is 20.0. The van der Waals surface area contributed by atoms with Gasteiger partial charge in [0.25, 0.3) is 5.91 Å². The number of carbonyl (C=O) groups is 1. The average Bonchev–Trinajstić information content (AvgIpc) is 3.27. The molecular weight excluding hydrogens is 331 g/mol. The van der Waals surface area contributed by atoms with Crippen molar-refractivity contribution in [1.29, 1.82) is 0 Å². The van der Waals surface area contributed by atoms with Gasteiger partial charge in [-0.2, -0.15) is 0 Å². The molecule has 1 amide bonds. The summed E-state index contributed by atoms with van der Waals surface area (Å²) in [5.74, 6) is -0.681. The van der Waals surface area contributed by atoms with Crippen molar-refractivity contribution in [3.63, 3.8) is 0 Å². The van der Waals surface area contributed by atoms with Gasteiger partial charge in [-0.3, -0.25) is 4.79 Å². The van der Waals surface area contributed by atoms with E-state index < -0.39 is 17.8 Å². The SMILES string of the molecule is COc1ccc(NC(=O)c2cn(C[C@@H](O)c3ccco3)nn2)cc1F. The van der Waals surface area contributed by atoms with Gasteiger partial charge in [0.2, 0.25) is 0 Å². The number of nitrogens with one attached hydrogen (secondary N) is 1. The van der Waals surface area contributed by atoms with Crippen molar-refractivity contribution < 1.29 is 23.4 Å². The fourth-order valence-corrected chi connectivity index (χ4v) is 2.18. The zero-order chi connectivity index (χ0) is 17.8. The molecule has 1 atom stereocenters. The van der Waals surface area contributed by atoms with Gasteiger partial charge in [0.05, 0.1) is 26.1 Å². The Bertz CT molecular complexity index is 863. The van der Waals surface area contributed by atoms with E-state index in [2.05, 4.69) is 15.6 Å². The van der Waals surface area contributed by atoms with Crippen molar-refractivity contribution in [2.75, 3.05) is 12.4 Å². The van der Waals surface area contributed by atoms with Crippen LogP contribution in [-0.4, -0.2) is 33.1 Å². The molecule has 2 heterocycles. The highest BCUT2D eigenvalue weighted by molar-refractivity contribution is 6.02. The largest absolute Gasteiger partial charge is 0.494 e. The molecule has 0 saturated carbocycles. The van der Waals surface area contributed by atoms with Crippen LogP contribution < -0.4 is 10.1 Å². The Kier molecular flexibility index (Phi) is 4.75. The smallest absolute Gasteiger partial charge is 0.277 e. The molecule has 3 rings (SSSR count). The minimum atomic E-state index is -0.914. The molecule has 3 aromatic rings. The number of furan rings is 1. The van der Waals surface area contributed by atoms with Crippen LogP contribution in [0.4, 0.5) is 10.1 Å². The lowest BCUT2D eigenvalue weighted by Crippen LogP contribution is -2.13. The first kappa shape index (κ1) is 16.7. The maximum atomic E-state index is 13.6. The van der Waals surface area contributed by atoms with E-state index in [9.17, 15) is 14.3 Å². The number of aromatic nitrogens is 3. The number of nitrogens with zero attached hydrogens (tertiary/aromatic N) is 3. The molecule has 130 valence electrons. The number of amides is 1. The second-order valence-corrected chi connectivity index (χ2v) is 5.16. The molecule has 0 radical (unpaired) electrons. The van der Waals surface area contributed by atoms with E-state index in [1.54, 1.807) is 12.1 Å². The van der Waals surface area contributed by atoms with Gasteiger partial charge in [-0.1, -0.05) is 5.21 Å². The van der Waals surface area contributed by atoms with Gasteiger partial charge in [0.15, 0.2) is 17.3 Å². The third-order valence-corrected chi connectivity index (χ3v) is 3.41. The van der Waals surface area contributed by atoms with Gasteiger partial charge in [-0.25, -0.2) is 9.07 Å². The Hall–Kier alpha value is -3.20. The zero-order valence-electron chi connectivity index (χ0n) is 13.2. The minimum Gasteiger partial charge on any atom is -0.494 e. The van der Waals surface area contributed by atoms with E-state index in [0.29, 0.717) is 5.76 Å². The summed E-state index contributed by atoms with van der Waals surface area (Å²) in [5.41, 5.74) is 0.288. The molecule has 9 heteroatoms. The number of benzene rings is 1. The Labute approximate surface area is 141 Å². The summed E-state index contributed by atoms with van der Waals surface area (Å²) < 4.78 is 24.9. The molecule has 0 aliphatic carbocycles. The van der Waals surface area contributed by atoms with Crippen LogP contribution in [0.1, 0.15) is 22.4 Å². The van der Waals surface area contributed by atoms with E-state index in [1.165, 1.54) is 36.4 Å². The van der Waals surface area contributed by atoms with E-state index >= 15 is 0 Å². The molecule has 0 saturated heterocycles. The third kappa shape index (κ3) is 3.83. The number of carbonyl (C=O) groups excluding carboxylic acids is 1. The third-order valence-electron chi connectivity index (χ3n) is 3.41. The second kappa shape index (κ2) is 7.14. The standard InChI is InChI=1S/C16H15FN4O4/c1-24-14-5-4-10(7-11(14)17)18-16(23)12-8-21(20-19-12)9-13(22)15-3-2-6-25-15/h2-8,13,22H,9H2,1H3,(H,18,23)/t13-/m1/s1. The van der Waals surface area contributed by atoms with Gasteiger partial charge >= 0.3 is 0 Å². The first-order valence-corrected chi connectivity index (χ1v) is 7.33. The van der Waals surface area contributed by atoms with Crippen LogP contribution in [0.2, 0.25) is 0 Å². The molecule has 0 aliphatic rings. The van der Waals surface area contributed by atoms with Crippen molar-refractivity contribution >= 4 is 11.6 Å². The van der Waals surface area contributed by atoms with Crippen LogP contribution in [0.15, 0.2) is 47.2 Å². The molecule has 0 bridgehead atoms. The summed E-state index contributed by atoms with van der Waals surface area (Å²) in [6.07, 6.45) is 1.91. The number of hydrogen-bond donors (Lipinski definition) is 2. The average molecular weight is 346 g/mol. The molecule has 2 N–H and O–H groups in total. The number of hydrogen-bond acceptors (Lipinski definition) is 6. The highest BCUT2D eigenvalue weighted by Crippen LogP contribution is 2.21. The van der Waals surface area contributed by atoms with Crippen LogP contribution in [0.25, 0.3) is 0 Å². The van der Waals surface area contributed by atoms with Crippen molar-refractivity contribution in [2.24, 2.45) is 0 Å². The summed E-state index contributed by atoms with van der Waals surface area (Å²) >= 11 is 0. The van der Waals surface area contributed by atoms with Crippen LogP contribution in [0.5, 0.6) is 5.75 Å². The van der Waals surface area contributed by atoms with Gasteiger partial charge in [-0.15, -0.1) is 5.10 Å². The van der Waals surface area contributed by atoms with Gasteiger partial charge in [0, 0.05) is 11.8 Å².